The SMILES string of the molecule is COCCN(C)CCNc1c([N+](=O)[O-])ccc(F)c1F. The van der Waals surface area contributed by atoms with Crippen molar-refractivity contribution in [2.24, 2.45) is 0 Å². The first-order chi connectivity index (χ1) is 9.47. The number of hydrogen-bond acceptors (Lipinski definition) is 5. The summed E-state index contributed by atoms with van der Waals surface area (Å²) in [5, 5.41) is 13.3. The number of rotatable bonds is 8. The molecule has 0 unspecified atom stereocenters. The maximum atomic E-state index is 13.6. The molecule has 8 heteroatoms. The van der Waals surface area contributed by atoms with Gasteiger partial charge < -0.3 is 15.0 Å². The summed E-state index contributed by atoms with van der Waals surface area (Å²) in [6, 6.07) is 1.68. The molecule has 0 aliphatic rings. The molecule has 0 atom stereocenters. The van der Waals surface area contributed by atoms with Gasteiger partial charge in [-0.05, 0) is 13.1 Å². The second-order valence-corrected chi connectivity index (χ2v) is 4.24. The maximum absolute atomic E-state index is 13.6. The van der Waals surface area contributed by atoms with Gasteiger partial charge in [-0.3, -0.25) is 10.1 Å². The van der Waals surface area contributed by atoms with Crippen LogP contribution in [0.1, 0.15) is 0 Å². The minimum Gasteiger partial charge on any atom is -0.383 e. The van der Waals surface area contributed by atoms with Crippen molar-refractivity contribution in [3.63, 3.8) is 0 Å². The van der Waals surface area contributed by atoms with Gasteiger partial charge in [0.25, 0.3) is 5.69 Å². The summed E-state index contributed by atoms with van der Waals surface area (Å²) in [5.41, 5.74) is -0.904. The highest BCUT2D eigenvalue weighted by atomic mass is 19.2. The van der Waals surface area contributed by atoms with Gasteiger partial charge in [0.2, 0.25) is 0 Å². The van der Waals surface area contributed by atoms with Crippen LogP contribution in [0.3, 0.4) is 0 Å². The van der Waals surface area contributed by atoms with Gasteiger partial charge in [0, 0.05) is 32.8 Å². The third kappa shape index (κ3) is 4.39. The Labute approximate surface area is 115 Å². The van der Waals surface area contributed by atoms with E-state index in [1.165, 1.54) is 0 Å². The second kappa shape index (κ2) is 7.71. The third-order valence-electron chi connectivity index (χ3n) is 2.74. The average Bonchev–Trinajstić information content (AvgIpc) is 2.40. The minimum absolute atomic E-state index is 0.251. The summed E-state index contributed by atoms with van der Waals surface area (Å²) in [5.74, 6) is -2.36. The number of methoxy groups -OCH3 is 1. The Morgan fingerprint density at radius 3 is 2.70 bits per heavy atom. The van der Waals surface area contributed by atoms with Gasteiger partial charge in [-0.15, -0.1) is 0 Å². The van der Waals surface area contributed by atoms with Crippen molar-refractivity contribution in [3.8, 4) is 0 Å². The molecule has 0 fully saturated rings. The monoisotopic (exact) mass is 289 g/mol. The summed E-state index contributed by atoms with van der Waals surface area (Å²) in [7, 11) is 3.41. The quantitative estimate of drug-likeness (QED) is 0.584. The molecule has 0 aromatic heterocycles. The molecule has 0 saturated heterocycles. The third-order valence-corrected chi connectivity index (χ3v) is 2.74. The number of nitro groups is 1. The van der Waals surface area contributed by atoms with Crippen LogP contribution in [0.4, 0.5) is 20.2 Å². The number of ether oxygens (including phenoxy) is 1. The van der Waals surface area contributed by atoms with E-state index in [2.05, 4.69) is 5.32 Å². The van der Waals surface area contributed by atoms with Crippen LogP contribution in [0.15, 0.2) is 12.1 Å². The molecule has 20 heavy (non-hydrogen) atoms. The van der Waals surface area contributed by atoms with Crippen LogP contribution >= 0.6 is 0 Å². The van der Waals surface area contributed by atoms with Crippen molar-refractivity contribution in [1.82, 2.24) is 4.90 Å². The predicted molar refractivity (Wildman–Crippen MR) is 70.9 cm³/mol. The highest BCUT2D eigenvalue weighted by Crippen LogP contribution is 2.28. The number of nitro benzene ring substituents is 1. The number of hydrogen-bond donors (Lipinski definition) is 1. The van der Waals surface area contributed by atoms with Gasteiger partial charge in [0.15, 0.2) is 17.3 Å². The number of anilines is 1. The first-order valence-electron chi connectivity index (χ1n) is 6.01. The Morgan fingerprint density at radius 1 is 1.40 bits per heavy atom. The molecule has 1 rings (SSSR count). The van der Waals surface area contributed by atoms with Crippen molar-refractivity contribution in [2.45, 2.75) is 0 Å². The molecule has 0 radical (unpaired) electrons. The fourth-order valence-electron chi connectivity index (χ4n) is 1.59. The van der Waals surface area contributed by atoms with E-state index in [0.29, 0.717) is 19.7 Å². The second-order valence-electron chi connectivity index (χ2n) is 4.24. The zero-order valence-electron chi connectivity index (χ0n) is 11.4. The van der Waals surface area contributed by atoms with E-state index in [4.69, 9.17) is 4.74 Å². The van der Waals surface area contributed by atoms with Crippen LogP contribution in [-0.4, -0.2) is 50.2 Å². The Balaban J connectivity index is 2.67. The maximum Gasteiger partial charge on any atom is 0.295 e. The lowest BCUT2D eigenvalue weighted by atomic mass is 10.2. The van der Waals surface area contributed by atoms with E-state index in [0.717, 1.165) is 12.1 Å². The van der Waals surface area contributed by atoms with Crippen LogP contribution in [0.2, 0.25) is 0 Å². The smallest absolute Gasteiger partial charge is 0.295 e. The lowest BCUT2D eigenvalue weighted by Crippen LogP contribution is -2.28. The first-order valence-corrected chi connectivity index (χ1v) is 6.01. The molecule has 0 aliphatic carbocycles. The summed E-state index contributed by atoms with van der Waals surface area (Å²) in [4.78, 5) is 11.9. The van der Waals surface area contributed by atoms with Crippen LogP contribution in [0.5, 0.6) is 0 Å². The van der Waals surface area contributed by atoms with Crippen LogP contribution in [-0.2, 0) is 4.74 Å². The van der Waals surface area contributed by atoms with Gasteiger partial charge in [0.1, 0.15) is 0 Å². The molecule has 1 aromatic carbocycles. The van der Waals surface area contributed by atoms with E-state index in [-0.39, 0.29) is 6.54 Å². The Kier molecular flexibility index (Phi) is 6.26. The van der Waals surface area contributed by atoms with E-state index < -0.39 is 27.9 Å². The van der Waals surface area contributed by atoms with Crippen LogP contribution in [0, 0.1) is 21.7 Å². The lowest BCUT2D eigenvalue weighted by molar-refractivity contribution is -0.384. The topological polar surface area (TPSA) is 67.6 Å². The number of nitrogens with one attached hydrogen (secondary N) is 1. The molecule has 0 heterocycles. The van der Waals surface area contributed by atoms with E-state index >= 15 is 0 Å². The summed E-state index contributed by atoms with van der Waals surface area (Å²) in [6.07, 6.45) is 0. The largest absolute Gasteiger partial charge is 0.383 e. The predicted octanol–water partition coefficient (Wildman–Crippen LogP) is 1.86. The standard InChI is InChI=1S/C12H17F2N3O3/c1-16(7-8-20-2)6-5-15-12-10(17(18)19)4-3-9(13)11(12)14/h3-4,15H,5-8H2,1-2H3. The Bertz CT molecular complexity index is 472. The molecule has 0 saturated carbocycles. The Morgan fingerprint density at radius 2 is 2.10 bits per heavy atom. The van der Waals surface area contributed by atoms with Crippen molar-refractivity contribution >= 4 is 11.4 Å². The number of benzene rings is 1. The van der Waals surface area contributed by atoms with E-state index in [9.17, 15) is 18.9 Å². The van der Waals surface area contributed by atoms with Gasteiger partial charge in [0.05, 0.1) is 11.5 Å². The molecular weight excluding hydrogens is 272 g/mol. The summed E-state index contributed by atoms with van der Waals surface area (Å²) < 4.78 is 31.6. The highest BCUT2D eigenvalue weighted by molar-refractivity contribution is 5.62. The molecular formula is C12H17F2N3O3. The number of likely N-dealkylation sites (N-methyl/N-ethyl adjacent to an activating group) is 1. The molecule has 1 aromatic rings. The number of halogens is 2. The van der Waals surface area contributed by atoms with Gasteiger partial charge in [-0.25, -0.2) is 8.78 Å². The molecule has 112 valence electrons. The van der Waals surface area contributed by atoms with Crippen molar-refractivity contribution in [2.75, 3.05) is 45.7 Å². The zero-order chi connectivity index (χ0) is 15.1. The van der Waals surface area contributed by atoms with Gasteiger partial charge >= 0.3 is 0 Å². The average molecular weight is 289 g/mol. The fraction of sp³-hybridized carbons (Fsp3) is 0.500. The summed E-state index contributed by atoms with van der Waals surface area (Å²) >= 11 is 0. The van der Waals surface area contributed by atoms with Crippen molar-refractivity contribution in [1.29, 1.82) is 0 Å². The van der Waals surface area contributed by atoms with Crippen molar-refractivity contribution < 1.29 is 18.4 Å². The van der Waals surface area contributed by atoms with Crippen molar-refractivity contribution in [3.05, 3.63) is 33.9 Å². The minimum atomic E-state index is -1.24. The van der Waals surface area contributed by atoms with Gasteiger partial charge in [-0.1, -0.05) is 0 Å². The normalized spacial score (nSPS) is 10.8. The molecule has 0 aliphatic heterocycles. The summed E-state index contributed by atoms with van der Waals surface area (Å²) in [6.45, 7) is 1.98. The molecule has 0 bridgehead atoms. The molecule has 0 spiro atoms. The highest BCUT2D eigenvalue weighted by Gasteiger charge is 2.21. The Hall–Kier alpha value is -1.80. The molecule has 6 nitrogen and oxygen atoms in total. The zero-order valence-corrected chi connectivity index (χ0v) is 11.4. The molecule has 1 N–H and O–H groups in total. The molecule has 0 amide bonds. The number of nitrogens with zero attached hydrogens (tertiary/aromatic N) is 2. The van der Waals surface area contributed by atoms with E-state index in [1.807, 2.05) is 11.9 Å². The first kappa shape index (κ1) is 16.3. The van der Waals surface area contributed by atoms with Crippen LogP contribution in [0.25, 0.3) is 0 Å². The lowest BCUT2D eigenvalue weighted by Gasteiger charge is -2.16. The van der Waals surface area contributed by atoms with Crippen LogP contribution < -0.4 is 5.32 Å². The fourth-order valence-corrected chi connectivity index (χ4v) is 1.59. The van der Waals surface area contributed by atoms with E-state index in [1.54, 1.807) is 7.11 Å². The van der Waals surface area contributed by atoms with Gasteiger partial charge in [-0.2, -0.15) is 0 Å².